The fraction of sp³-hybridized carbons (Fsp3) is 0.407. The summed E-state index contributed by atoms with van der Waals surface area (Å²) >= 11 is 0. The predicted octanol–water partition coefficient (Wildman–Crippen LogP) is 3.08. The lowest BCUT2D eigenvalue weighted by molar-refractivity contribution is -0.159. The number of hydrogen-bond acceptors (Lipinski definition) is 6. The van der Waals surface area contributed by atoms with Crippen molar-refractivity contribution in [3.8, 4) is 0 Å². The van der Waals surface area contributed by atoms with E-state index in [1.807, 2.05) is 43.3 Å². The molecule has 1 aliphatic heterocycles. The standard InChI is InChI=1S/C25H32N2O3.C2H2O4/c1-4-23(28)27(22-13-9-6-10-14-22)25(24(29)30-3)16-18-26(19-20(25)2)17-15-21-11-7-5-8-12-21;3-1(4)2(5)6/h5-14,20H,4,15-19H2,1-3H3;(H,3,4)(H,5,6)/t20-,25+;/m1./s1. The Morgan fingerprint density at radius 2 is 1.56 bits per heavy atom. The van der Waals surface area contributed by atoms with E-state index in [4.69, 9.17) is 24.5 Å². The van der Waals surface area contributed by atoms with E-state index in [0.29, 0.717) is 12.8 Å². The maximum Gasteiger partial charge on any atom is 0.414 e. The normalized spacial score (nSPS) is 19.4. The van der Waals surface area contributed by atoms with Gasteiger partial charge < -0.3 is 19.8 Å². The molecule has 1 fully saturated rings. The number of esters is 1. The van der Waals surface area contributed by atoms with Crippen LogP contribution in [0.4, 0.5) is 5.69 Å². The van der Waals surface area contributed by atoms with Gasteiger partial charge in [0.05, 0.1) is 7.11 Å². The first-order valence-electron chi connectivity index (χ1n) is 11.9. The molecule has 1 aliphatic rings. The molecule has 1 saturated heterocycles. The summed E-state index contributed by atoms with van der Waals surface area (Å²) in [6, 6.07) is 19.9. The summed E-state index contributed by atoms with van der Waals surface area (Å²) in [5.41, 5.74) is 1.06. The lowest BCUT2D eigenvalue weighted by Crippen LogP contribution is -2.67. The average Bonchev–Trinajstić information content (AvgIpc) is 2.89. The number of hydrogen-bond donors (Lipinski definition) is 2. The predicted molar refractivity (Wildman–Crippen MR) is 135 cm³/mol. The van der Waals surface area contributed by atoms with Crippen LogP contribution in [0.1, 0.15) is 32.3 Å². The third kappa shape index (κ3) is 6.91. The lowest BCUT2D eigenvalue weighted by atomic mass is 9.76. The van der Waals surface area contributed by atoms with E-state index in [1.165, 1.54) is 12.7 Å². The number of nitrogens with zero attached hydrogens (tertiary/aromatic N) is 2. The fourth-order valence-corrected chi connectivity index (χ4v) is 4.58. The molecule has 9 nitrogen and oxygen atoms in total. The second kappa shape index (κ2) is 13.4. The van der Waals surface area contributed by atoms with Gasteiger partial charge in [-0.25, -0.2) is 14.4 Å². The number of rotatable bonds is 7. The third-order valence-electron chi connectivity index (χ3n) is 6.40. The van der Waals surface area contributed by atoms with Gasteiger partial charge in [-0.3, -0.25) is 9.69 Å². The second-order valence-corrected chi connectivity index (χ2v) is 8.63. The van der Waals surface area contributed by atoms with Gasteiger partial charge in [-0.2, -0.15) is 0 Å². The third-order valence-corrected chi connectivity index (χ3v) is 6.40. The molecule has 2 aromatic carbocycles. The molecule has 9 heteroatoms. The van der Waals surface area contributed by atoms with Crippen LogP contribution in [0.3, 0.4) is 0 Å². The zero-order valence-corrected chi connectivity index (χ0v) is 20.9. The average molecular weight is 499 g/mol. The highest BCUT2D eigenvalue weighted by atomic mass is 16.5. The largest absolute Gasteiger partial charge is 0.473 e. The molecule has 0 radical (unpaired) electrons. The number of amides is 1. The Morgan fingerprint density at radius 3 is 2.03 bits per heavy atom. The smallest absolute Gasteiger partial charge is 0.414 e. The quantitative estimate of drug-likeness (QED) is 0.441. The minimum absolute atomic E-state index is 0.0591. The first kappa shape index (κ1) is 28.5. The van der Waals surface area contributed by atoms with E-state index in [2.05, 4.69) is 36.1 Å². The van der Waals surface area contributed by atoms with Crippen LogP contribution in [-0.2, 0) is 30.3 Å². The molecule has 0 aromatic heterocycles. The van der Waals surface area contributed by atoms with Gasteiger partial charge in [0.1, 0.15) is 5.54 Å². The van der Waals surface area contributed by atoms with Crippen molar-refractivity contribution >= 4 is 29.5 Å². The molecule has 0 unspecified atom stereocenters. The van der Waals surface area contributed by atoms with Gasteiger partial charge in [0, 0.05) is 37.7 Å². The Balaban J connectivity index is 0.000000678. The van der Waals surface area contributed by atoms with Crippen LogP contribution in [-0.4, -0.2) is 71.2 Å². The molecule has 2 aromatic rings. The number of anilines is 1. The van der Waals surface area contributed by atoms with Gasteiger partial charge in [-0.15, -0.1) is 0 Å². The van der Waals surface area contributed by atoms with Crippen molar-refractivity contribution in [2.45, 2.75) is 38.6 Å². The van der Waals surface area contributed by atoms with E-state index in [1.54, 1.807) is 4.90 Å². The first-order valence-corrected chi connectivity index (χ1v) is 11.9. The van der Waals surface area contributed by atoms with Crippen molar-refractivity contribution in [1.82, 2.24) is 4.90 Å². The monoisotopic (exact) mass is 498 g/mol. The molecule has 1 amide bonds. The number of likely N-dealkylation sites (tertiary alicyclic amines) is 1. The second-order valence-electron chi connectivity index (χ2n) is 8.63. The molecule has 2 atom stereocenters. The van der Waals surface area contributed by atoms with Crippen molar-refractivity contribution in [1.29, 1.82) is 0 Å². The summed E-state index contributed by atoms with van der Waals surface area (Å²) in [6.07, 6.45) is 1.85. The van der Waals surface area contributed by atoms with Gasteiger partial charge >= 0.3 is 17.9 Å². The van der Waals surface area contributed by atoms with Gasteiger partial charge in [0.2, 0.25) is 5.91 Å². The van der Waals surface area contributed by atoms with E-state index in [0.717, 1.165) is 31.7 Å². The topological polar surface area (TPSA) is 124 Å². The van der Waals surface area contributed by atoms with E-state index < -0.39 is 17.5 Å². The van der Waals surface area contributed by atoms with Crippen molar-refractivity contribution in [3.63, 3.8) is 0 Å². The number of carboxylic acid groups (broad SMARTS) is 2. The Labute approximate surface area is 211 Å². The Hall–Kier alpha value is -3.72. The van der Waals surface area contributed by atoms with Crippen LogP contribution in [0.5, 0.6) is 0 Å². The van der Waals surface area contributed by atoms with Crippen LogP contribution in [0.15, 0.2) is 60.7 Å². The van der Waals surface area contributed by atoms with Crippen molar-refractivity contribution in [2.24, 2.45) is 5.92 Å². The number of piperidine rings is 1. The number of carbonyl (C=O) groups excluding carboxylic acids is 2. The number of carbonyl (C=O) groups is 4. The zero-order chi connectivity index (χ0) is 26.7. The van der Waals surface area contributed by atoms with E-state index in [-0.39, 0.29) is 17.8 Å². The van der Waals surface area contributed by atoms with Gasteiger partial charge in [-0.05, 0) is 30.5 Å². The molecule has 0 spiro atoms. The number of para-hydroxylation sites is 1. The van der Waals surface area contributed by atoms with E-state index >= 15 is 0 Å². The van der Waals surface area contributed by atoms with Gasteiger partial charge in [0.25, 0.3) is 0 Å². The number of ether oxygens (including phenoxy) is 1. The Kier molecular flexibility index (Phi) is 10.6. The molecule has 36 heavy (non-hydrogen) atoms. The molecule has 194 valence electrons. The zero-order valence-electron chi connectivity index (χ0n) is 20.9. The summed E-state index contributed by atoms with van der Waals surface area (Å²) < 4.78 is 5.27. The maximum absolute atomic E-state index is 13.2. The van der Waals surface area contributed by atoms with Gasteiger partial charge in [-0.1, -0.05) is 62.4 Å². The fourth-order valence-electron chi connectivity index (χ4n) is 4.58. The summed E-state index contributed by atoms with van der Waals surface area (Å²) in [5, 5.41) is 14.8. The Bertz CT molecular complexity index is 1020. The lowest BCUT2D eigenvalue weighted by Gasteiger charge is -2.50. The summed E-state index contributed by atoms with van der Waals surface area (Å²) in [7, 11) is 1.41. The minimum Gasteiger partial charge on any atom is -0.473 e. The molecule has 3 rings (SSSR count). The number of aliphatic carboxylic acids is 2. The SMILES string of the molecule is CCC(=O)N(c1ccccc1)[C@@]1(C(=O)OC)CCN(CCc2ccccc2)C[C@H]1C.O=C(O)C(=O)O. The molecular weight excluding hydrogens is 464 g/mol. The summed E-state index contributed by atoms with van der Waals surface area (Å²) in [4.78, 5) is 48.6. The molecule has 2 N–H and O–H groups in total. The molecule has 0 saturated carbocycles. The van der Waals surface area contributed by atoms with Crippen LogP contribution in [0.25, 0.3) is 0 Å². The highest BCUT2D eigenvalue weighted by Gasteiger charge is 2.54. The summed E-state index contributed by atoms with van der Waals surface area (Å²) in [6.45, 7) is 6.31. The van der Waals surface area contributed by atoms with Crippen molar-refractivity contribution in [3.05, 3.63) is 66.2 Å². The van der Waals surface area contributed by atoms with Crippen molar-refractivity contribution in [2.75, 3.05) is 31.6 Å². The molecule has 1 heterocycles. The van der Waals surface area contributed by atoms with Crippen LogP contribution in [0, 0.1) is 5.92 Å². The minimum atomic E-state index is -1.82. The van der Waals surface area contributed by atoms with Crippen LogP contribution < -0.4 is 4.90 Å². The van der Waals surface area contributed by atoms with Crippen LogP contribution >= 0.6 is 0 Å². The van der Waals surface area contributed by atoms with E-state index in [9.17, 15) is 9.59 Å². The first-order chi connectivity index (χ1) is 17.2. The van der Waals surface area contributed by atoms with Crippen molar-refractivity contribution < 1.29 is 34.1 Å². The number of methoxy groups -OCH3 is 1. The Morgan fingerprint density at radius 1 is 1.00 bits per heavy atom. The summed E-state index contributed by atoms with van der Waals surface area (Å²) in [5.74, 6) is -4.10. The molecular formula is C27H34N2O7. The maximum atomic E-state index is 13.2. The van der Waals surface area contributed by atoms with Crippen LogP contribution in [0.2, 0.25) is 0 Å². The molecule has 0 aliphatic carbocycles. The number of carboxylic acids is 2. The highest BCUT2D eigenvalue weighted by Crippen LogP contribution is 2.39. The highest BCUT2D eigenvalue weighted by molar-refractivity contribution is 6.27. The molecule has 0 bridgehead atoms. The number of benzene rings is 2. The van der Waals surface area contributed by atoms with Gasteiger partial charge in [0.15, 0.2) is 0 Å².